The van der Waals surface area contributed by atoms with E-state index in [1.165, 1.54) is 21.1 Å². The van der Waals surface area contributed by atoms with Crippen molar-refractivity contribution < 1.29 is 17.9 Å². The molecule has 162 valence electrons. The zero-order valence-electron chi connectivity index (χ0n) is 16.7. The normalized spacial score (nSPS) is 15.0. The van der Waals surface area contributed by atoms with Crippen LogP contribution < -0.4 is 5.32 Å². The van der Waals surface area contributed by atoms with Crippen molar-refractivity contribution in [1.29, 1.82) is 0 Å². The molecule has 0 atom stereocenters. The highest BCUT2D eigenvalue weighted by atomic mass is 35.5. The van der Waals surface area contributed by atoms with Gasteiger partial charge in [-0.1, -0.05) is 17.7 Å². The third-order valence-electron chi connectivity index (χ3n) is 4.74. The van der Waals surface area contributed by atoms with Crippen LogP contribution in [0.25, 0.3) is 5.69 Å². The summed E-state index contributed by atoms with van der Waals surface area (Å²) in [5.74, 6) is -0.0539. The Morgan fingerprint density at radius 2 is 1.84 bits per heavy atom. The molecule has 0 spiro atoms. The molecule has 4 rings (SSSR count). The summed E-state index contributed by atoms with van der Waals surface area (Å²) in [6.45, 7) is 3.04. The van der Waals surface area contributed by atoms with Crippen LogP contribution in [0.4, 0.5) is 5.69 Å². The number of aromatic nitrogens is 3. The van der Waals surface area contributed by atoms with Gasteiger partial charge < -0.3 is 10.1 Å². The molecule has 1 amide bonds. The molecule has 1 aliphatic rings. The smallest absolute Gasteiger partial charge is 0.295 e. The Hall–Kier alpha value is -2.79. The molecule has 9 nitrogen and oxygen atoms in total. The lowest BCUT2D eigenvalue weighted by molar-refractivity contribution is 0.0730. The molecule has 0 aliphatic carbocycles. The summed E-state index contributed by atoms with van der Waals surface area (Å²) < 4.78 is 33.8. The number of carbonyl (C=O) groups excluding carboxylic acids is 1. The quantitative estimate of drug-likeness (QED) is 0.625. The van der Waals surface area contributed by atoms with E-state index < -0.39 is 15.9 Å². The summed E-state index contributed by atoms with van der Waals surface area (Å²) in [5, 5.41) is 7.52. The second-order valence-electron chi connectivity index (χ2n) is 6.87. The summed E-state index contributed by atoms with van der Waals surface area (Å²) >= 11 is 5.92. The molecule has 1 aromatic heterocycles. The number of ether oxygens (including phenoxy) is 1. The molecule has 0 radical (unpaired) electrons. The van der Waals surface area contributed by atoms with Gasteiger partial charge in [-0.05, 0) is 49.4 Å². The highest BCUT2D eigenvalue weighted by molar-refractivity contribution is 7.89. The Bertz CT molecular complexity index is 1200. The molecular weight excluding hydrogens is 442 g/mol. The van der Waals surface area contributed by atoms with E-state index in [0.717, 1.165) is 0 Å². The first-order valence-corrected chi connectivity index (χ1v) is 11.4. The molecule has 0 saturated carbocycles. The van der Waals surface area contributed by atoms with E-state index in [0.29, 0.717) is 48.5 Å². The van der Waals surface area contributed by atoms with Gasteiger partial charge in [0.05, 0.1) is 23.8 Å². The van der Waals surface area contributed by atoms with Gasteiger partial charge in [0.1, 0.15) is 5.82 Å². The van der Waals surface area contributed by atoms with Gasteiger partial charge in [-0.2, -0.15) is 4.31 Å². The molecule has 3 aromatic rings. The monoisotopic (exact) mass is 461 g/mol. The molecule has 0 bridgehead atoms. The van der Waals surface area contributed by atoms with Crippen LogP contribution in [-0.2, 0) is 14.8 Å². The van der Waals surface area contributed by atoms with Gasteiger partial charge in [0.2, 0.25) is 15.8 Å². The maximum atomic E-state index is 12.8. The molecule has 31 heavy (non-hydrogen) atoms. The van der Waals surface area contributed by atoms with E-state index in [9.17, 15) is 13.2 Å². The fourth-order valence-corrected chi connectivity index (χ4v) is 4.75. The molecule has 1 N–H and O–H groups in total. The molecular formula is C20H20ClN5O4S. The average Bonchev–Trinajstić information content (AvgIpc) is 3.17. The fraction of sp³-hybridized carbons (Fsp3) is 0.250. The first-order chi connectivity index (χ1) is 14.8. The second kappa shape index (κ2) is 8.75. The van der Waals surface area contributed by atoms with Gasteiger partial charge in [0.25, 0.3) is 5.91 Å². The third kappa shape index (κ3) is 4.62. The van der Waals surface area contributed by atoms with Gasteiger partial charge in [-0.25, -0.2) is 18.1 Å². The number of hydrogen-bond acceptors (Lipinski definition) is 6. The van der Waals surface area contributed by atoms with Crippen LogP contribution >= 0.6 is 11.6 Å². The number of anilines is 1. The van der Waals surface area contributed by atoms with Crippen molar-refractivity contribution in [1.82, 2.24) is 19.1 Å². The van der Waals surface area contributed by atoms with Crippen LogP contribution in [0.15, 0.2) is 53.4 Å². The van der Waals surface area contributed by atoms with Crippen LogP contribution in [0.5, 0.6) is 0 Å². The number of nitrogens with one attached hydrogen (secondary N) is 1. The number of amides is 1. The first-order valence-electron chi connectivity index (χ1n) is 9.53. The average molecular weight is 462 g/mol. The minimum absolute atomic E-state index is 0.0334. The predicted octanol–water partition coefficient (Wildman–Crippen LogP) is 2.50. The topological polar surface area (TPSA) is 106 Å². The SMILES string of the molecule is Cc1nc(C(=O)Nc2cccc(S(=O)(=O)N3CCOCC3)c2)nn1-c1ccc(Cl)cc1. The van der Waals surface area contributed by atoms with Crippen molar-refractivity contribution in [2.75, 3.05) is 31.6 Å². The van der Waals surface area contributed by atoms with Crippen molar-refractivity contribution in [2.45, 2.75) is 11.8 Å². The van der Waals surface area contributed by atoms with Crippen molar-refractivity contribution in [3.05, 3.63) is 65.2 Å². The van der Waals surface area contributed by atoms with Crippen LogP contribution in [0.3, 0.4) is 0 Å². The zero-order valence-corrected chi connectivity index (χ0v) is 18.2. The van der Waals surface area contributed by atoms with Gasteiger partial charge in [-0.3, -0.25) is 4.79 Å². The van der Waals surface area contributed by atoms with Gasteiger partial charge in [0, 0.05) is 23.8 Å². The number of halogens is 1. The number of aryl methyl sites for hydroxylation is 1. The maximum Gasteiger partial charge on any atom is 0.295 e. The summed E-state index contributed by atoms with van der Waals surface area (Å²) in [6.07, 6.45) is 0. The summed E-state index contributed by atoms with van der Waals surface area (Å²) in [4.78, 5) is 17.0. The molecule has 2 heterocycles. The van der Waals surface area contributed by atoms with E-state index in [4.69, 9.17) is 16.3 Å². The minimum Gasteiger partial charge on any atom is -0.379 e. The van der Waals surface area contributed by atoms with E-state index in [1.807, 2.05) is 0 Å². The molecule has 1 saturated heterocycles. The second-order valence-corrected chi connectivity index (χ2v) is 9.24. The Morgan fingerprint density at radius 3 is 2.55 bits per heavy atom. The number of carbonyl (C=O) groups is 1. The van der Waals surface area contributed by atoms with Gasteiger partial charge in [-0.15, -0.1) is 5.10 Å². The summed E-state index contributed by atoms with van der Waals surface area (Å²) in [6, 6.07) is 13.1. The van der Waals surface area contributed by atoms with Crippen molar-refractivity contribution >= 4 is 33.2 Å². The van der Waals surface area contributed by atoms with E-state index in [-0.39, 0.29) is 10.7 Å². The lowest BCUT2D eigenvalue weighted by Crippen LogP contribution is -2.40. The highest BCUT2D eigenvalue weighted by Gasteiger charge is 2.26. The van der Waals surface area contributed by atoms with Crippen LogP contribution in [0.2, 0.25) is 5.02 Å². The number of rotatable bonds is 5. The van der Waals surface area contributed by atoms with Gasteiger partial charge >= 0.3 is 0 Å². The number of nitrogens with zero attached hydrogens (tertiary/aromatic N) is 4. The van der Waals surface area contributed by atoms with Gasteiger partial charge in [0.15, 0.2) is 0 Å². The fourth-order valence-electron chi connectivity index (χ4n) is 3.17. The number of sulfonamides is 1. The number of morpholine rings is 1. The number of benzene rings is 2. The van der Waals surface area contributed by atoms with Crippen LogP contribution in [-0.4, -0.2) is 59.7 Å². The molecule has 1 aliphatic heterocycles. The molecule has 2 aromatic carbocycles. The minimum atomic E-state index is -3.67. The molecule has 0 unspecified atom stereocenters. The Kier molecular flexibility index (Phi) is 6.05. The highest BCUT2D eigenvalue weighted by Crippen LogP contribution is 2.21. The summed E-state index contributed by atoms with van der Waals surface area (Å²) in [5.41, 5.74) is 1.05. The summed E-state index contributed by atoms with van der Waals surface area (Å²) in [7, 11) is -3.67. The Morgan fingerprint density at radius 1 is 1.13 bits per heavy atom. The Labute approximate surface area is 184 Å². The first kappa shape index (κ1) is 21.4. The van der Waals surface area contributed by atoms with Crippen molar-refractivity contribution in [3.63, 3.8) is 0 Å². The van der Waals surface area contributed by atoms with Crippen molar-refractivity contribution in [2.24, 2.45) is 0 Å². The maximum absolute atomic E-state index is 12.8. The lowest BCUT2D eigenvalue weighted by Gasteiger charge is -2.26. The predicted molar refractivity (Wildman–Crippen MR) is 115 cm³/mol. The zero-order chi connectivity index (χ0) is 22.0. The van der Waals surface area contributed by atoms with E-state index in [2.05, 4.69) is 15.4 Å². The molecule has 11 heteroatoms. The van der Waals surface area contributed by atoms with Crippen LogP contribution in [0.1, 0.15) is 16.4 Å². The van der Waals surface area contributed by atoms with E-state index >= 15 is 0 Å². The molecule has 1 fully saturated rings. The van der Waals surface area contributed by atoms with E-state index in [1.54, 1.807) is 43.3 Å². The lowest BCUT2D eigenvalue weighted by atomic mass is 10.3. The van der Waals surface area contributed by atoms with Crippen molar-refractivity contribution in [3.8, 4) is 5.69 Å². The third-order valence-corrected chi connectivity index (χ3v) is 6.89. The van der Waals surface area contributed by atoms with Crippen LogP contribution in [0, 0.1) is 6.92 Å². The largest absolute Gasteiger partial charge is 0.379 e. The number of hydrogen-bond donors (Lipinski definition) is 1. The Balaban J connectivity index is 1.54. The standard InChI is InChI=1S/C20H20ClN5O4S/c1-14-22-19(24-26(14)17-7-5-15(21)6-8-17)20(27)23-16-3-2-4-18(13-16)31(28,29)25-9-11-30-12-10-25/h2-8,13H,9-12H2,1H3,(H,23,27).